The third-order valence-electron chi connectivity index (χ3n) is 4.85. The number of para-hydroxylation sites is 1. The largest absolute Gasteiger partial charge is 0.325 e. The summed E-state index contributed by atoms with van der Waals surface area (Å²) >= 11 is 0. The van der Waals surface area contributed by atoms with Crippen LogP contribution in [0.15, 0.2) is 42.5 Å². The Labute approximate surface area is 153 Å². The molecule has 1 saturated carbocycles. The second kappa shape index (κ2) is 7.01. The minimum Gasteiger partial charge on any atom is -0.325 e. The molecule has 0 atom stereocenters. The summed E-state index contributed by atoms with van der Waals surface area (Å²) in [6.07, 6.45) is 1.85. The van der Waals surface area contributed by atoms with Crippen molar-refractivity contribution in [3.63, 3.8) is 0 Å². The van der Waals surface area contributed by atoms with E-state index in [1.807, 2.05) is 38.1 Å². The molecule has 132 valence electrons. The maximum absolute atomic E-state index is 12.8. The average Bonchev–Trinajstić information content (AvgIpc) is 3.45. The van der Waals surface area contributed by atoms with E-state index in [0.717, 1.165) is 23.2 Å². The summed E-state index contributed by atoms with van der Waals surface area (Å²) in [7, 11) is 0. The Morgan fingerprint density at radius 3 is 2.46 bits per heavy atom. The second-order valence-electron chi connectivity index (χ2n) is 6.65. The summed E-state index contributed by atoms with van der Waals surface area (Å²) in [5.41, 5.74) is 2.79. The van der Waals surface area contributed by atoms with E-state index in [0.29, 0.717) is 24.1 Å². The predicted molar refractivity (Wildman–Crippen MR) is 101 cm³/mol. The van der Waals surface area contributed by atoms with Crippen LogP contribution in [0.3, 0.4) is 0 Å². The molecule has 0 radical (unpaired) electrons. The maximum Gasteiger partial charge on any atom is 0.240 e. The summed E-state index contributed by atoms with van der Waals surface area (Å²) in [6.45, 7) is 3.98. The fraction of sp³-hybridized carbons (Fsp3) is 0.286. The summed E-state index contributed by atoms with van der Waals surface area (Å²) in [5, 5.41) is 14.7. The van der Waals surface area contributed by atoms with Crippen LogP contribution in [0.1, 0.15) is 36.5 Å². The molecule has 1 aliphatic rings. The fourth-order valence-corrected chi connectivity index (χ4v) is 3.03. The first-order chi connectivity index (χ1) is 12.5. The van der Waals surface area contributed by atoms with Crippen LogP contribution < -0.4 is 10.6 Å². The lowest BCUT2D eigenvalue weighted by Gasteiger charge is -2.18. The van der Waals surface area contributed by atoms with Gasteiger partial charge in [-0.3, -0.25) is 9.59 Å². The van der Waals surface area contributed by atoms with Gasteiger partial charge in [-0.2, -0.15) is 5.26 Å². The third kappa shape index (κ3) is 3.31. The highest BCUT2D eigenvalue weighted by Gasteiger charge is 2.56. The van der Waals surface area contributed by atoms with Gasteiger partial charge in [-0.05, 0) is 55.5 Å². The van der Waals surface area contributed by atoms with Crippen LogP contribution in [0.5, 0.6) is 0 Å². The zero-order valence-corrected chi connectivity index (χ0v) is 14.9. The number of hydrogen-bond donors (Lipinski definition) is 2. The van der Waals surface area contributed by atoms with E-state index in [-0.39, 0.29) is 11.8 Å². The topological polar surface area (TPSA) is 82.0 Å². The number of nitrogens with zero attached hydrogens (tertiary/aromatic N) is 1. The first-order valence-electron chi connectivity index (χ1n) is 8.72. The Hall–Kier alpha value is -3.13. The van der Waals surface area contributed by atoms with Crippen molar-refractivity contribution in [1.29, 1.82) is 5.26 Å². The van der Waals surface area contributed by atoms with Crippen LogP contribution in [-0.4, -0.2) is 11.8 Å². The van der Waals surface area contributed by atoms with Crippen molar-refractivity contribution in [2.75, 3.05) is 10.6 Å². The number of nitrogens with one attached hydrogen (secondary N) is 2. The molecule has 2 N–H and O–H groups in total. The Kier molecular flexibility index (Phi) is 4.77. The van der Waals surface area contributed by atoms with Crippen LogP contribution in [-0.2, 0) is 16.0 Å². The van der Waals surface area contributed by atoms with Gasteiger partial charge in [-0.15, -0.1) is 0 Å². The summed E-state index contributed by atoms with van der Waals surface area (Å²) in [6, 6.07) is 14.6. The molecule has 3 rings (SSSR count). The first-order valence-corrected chi connectivity index (χ1v) is 8.72. The van der Waals surface area contributed by atoms with Gasteiger partial charge in [-0.25, -0.2) is 0 Å². The van der Waals surface area contributed by atoms with E-state index in [2.05, 4.69) is 10.6 Å². The highest BCUT2D eigenvalue weighted by molar-refractivity contribution is 6.17. The van der Waals surface area contributed by atoms with Crippen LogP contribution in [0.25, 0.3) is 0 Å². The number of aryl methyl sites for hydroxylation is 2. The van der Waals surface area contributed by atoms with Crippen molar-refractivity contribution >= 4 is 23.2 Å². The van der Waals surface area contributed by atoms with Crippen molar-refractivity contribution in [2.45, 2.75) is 33.1 Å². The minimum absolute atomic E-state index is 0.268. The number of hydrogen-bond acceptors (Lipinski definition) is 3. The third-order valence-corrected chi connectivity index (χ3v) is 4.85. The number of rotatable bonds is 5. The monoisotopic (exact) mass is 347 g/mol. The van der Waals surface area contributed by atoms with Gasteiger partial charge in [-0.1, -0.05) is 31.2 Å². The van der Waals surface area contributed by atoms with Gasteiger partial charge in [0.2, 0.25) is 11.8 Å². The molecule has 0 unspecified atom stereocenters. The lowest BCUT2D eigenvalue weighted by Crippen LogP contribution is -2.36. The number of amides is 2. The van der Waals surface area contributed by atoms with Crippen molar-refractivity contribution in [3.8, 4) is 6.07 Å². The number of nitriles is 1. The molecule has 1 aliphatic carbocycles. The molecule has 1 fully saturated rings. The fourth-order valence-electron chi connectivity index (χ4n) is 3.03. The molecule has 0 aliphatic heterocycles. The highest BCUT2D eigenvalue weighted by atomic mass is 16.2. The lowest BCUT2D eigenvalue weighted by atomic mass is 10.0. The first kappa shape index (κ1) is 17.7. The zero-order chi connectivity index (χ0) is 18.7. The molecule has 0 spiro atoms. The van der Waals surface area contributed by atoms with Crippen molar-refractivity contribution in [2.24, 2.45) is 5.41 Å². The van der Waals surface area contributed by atoms with E-state index in [4.69, 9.17) is 5.26 Å². The second-order valence-corrected chi connectivity index (χ2v) is 6.65. The molecular formula is C21H21N3O2. The molecular weight excluding hydrogens is 326 g/mol. The minimum atomic E-state index is -1.03. The Balaban J connectivity index is 1.77. The summed E-state index contributed by atoms with van der Waals surface area (Å²) in [5.74, 6) is -0.591. The SMILES string of the molecule is CCc1cccc(C)c1NC(=O)C1(C(=O)Nc2cccc(C#N)c2)CC1. The van der Waals surface area contributed by atoms with E-state index in [9.17, 15) is 9.59 Å². The van der Waals surface area contributed by atoms with Crippen molar-refractivity contribution in [3.05, 3.63) is 59.2 Å². The molecule has 0 bridgehead atoms. The molecule has 5 nitrogen and oxygen atoms in total. The molecule has 26 heavy (non-hydrogen) atoms. The molecule has 2 aromatic carbocycles. The molecule has 0 aromatic heterocycles. The van der Waals surface area contributed by atoms with Crippen LogP contribution in [0.2, 0.25) is 0 Å². The summed E-state index contributed by atoms with van der Waals surface area (Å²) < 4.78 is 0. The molecule has 0 heterocycles. The van der Waals surface area contributed by atoms with Gasteiger partial charge in [0.05, 0.1) is 11.6 Å². The smallest absolute Gasteiger partial charge is 0.240 e. The van der Waals surface area contributed by atoms with Gasteiger partial charge < -0.3 is 10.6 Å². The predicted octanol–water partition coefficient (Wildman–Crippen LogP) is 3.79. The zero-order valence-electron chi connectivity index (χ0n) is 14.9. The normalized spacial score (nSPS) is 14.2. The van der Waals surface area contributed by atoms with E-state index in [1.54, 1.807) is 24.3 Å². The van der Waals surface area contributed by atoms with E-state index in [1.165, 1.54) is 0 Å². The van der Waals surface area contributed by atoms with Crippen molar-refractivity contribution in [1.82, 2.24) is 0 Å². The van der Waals surface area contributed by atoms with Gasteiger partial charge >= 0.3 is 0 Å². The van der Waals surface area contributed by atoms with Crippen LogP contribution >= 0.6 is 0 Å². The van der Waals surface area contributed by atoms with Gasteiger partial charge in [0.25, 0.3) is 0 Å². The van der Waals surface area contributed by atoms with Crippen LogP contribution in [0.4, 0.5) is 11.4 Å². The van der Waals surface area contributed by atoms with Crippen molar-refractivity contribution < 1.29 is 9.59 Å². The van der Waals surface area contributed by atoms with Crippen LogP contribution in [0, 0.1) is 23.7 Å². The number of carbonyl (C=O) groups excluding carboxylic acids is 2. The van der Waals surface area contributed by atoms with Gasteiger partial charge in [0, 0.05) is 11.4 Å². The van der Waals surface area contributed by atoms with Gasteiger partial charge in [0.1, 0.15) is 5.41 Å². The van der Waals surface area contributed by atoms with Gasteiger partial charge in [0.15, 0.2) is 0 Å². The summed E-state index contributed by atoms with van der Waals surface area (Å²) in [4.78, 5) is 25.6. The maximum atomic E-state index is 12.8. The highest BCUT2D eigenvalue weighted by Crippen LogP contribution is 2.47. The number of benzene rings is 2. The lowest BCUT2D eigenvalue weighted by molar-refractivity contribution is -0.131. The molecule has 2 aromatic rings. The molecule has 5 heteroatoms. The van der Waals surface area contributed by atoms with E-state index < -0.39 is 5.41 Å². The number of anilines is 2. The average molecular weight is 347 g/mol. The Bertz CT molecular complexity index is 908. The Morgan fingerprint density at radius 1 is 1.12 bits per heavy atom. The standard InChI is InChI=1S/C21H21N3O2/c1-3-16-8-4-6-14(2)18(16)24-20(26)21(10-11-21)19(25)23-17-9-5-7-15(12-17)13-22/h4-9,12H,3,10-11H2,1-2H3,(H,23,25)(H,24,26). The quantitative estimate of drug-likeness (QED) is 0.807. The number of carbonyl (C=O) groups is 2. The Morgan fingerprint density at radius 2 is 1.81 bits per heavy atom. The molecule has 0 saturated heterocycles. The molecule has 2 amide bonds. The van der Waals surface area contributed by atoms with E-state index >= 15 is 0 Å².